The Balaban J connectivity index is 1.74. The second-order valence-electron chi connectivity index (χ2n) is 5.07. The first-order valence-electron chi connectivity index (χ1n) is 6.55. The van der Waals surface area contributed by atoms with Gasteiger partial charge in [-0.3, -0.25) is 14.8 Å². The van der Waals surface area contributed by atoms with E-state index in [1.54, 1.807) is 0 Å². The van der Waals surface area contributed by atoms with E-state index >= 15 is 0 Å². The topological polar surface area (TPSA) is 53.5 Å². The summed E-state index contributed by atoms with van der Waals surface area (Å²) in [6.45, 7) is 5.34. The van der Waals surface area contributed by atoms with Crippen LogP contribution in [-0.2, 0) is 16.4 Å². The molecule has 0 saturated carbocycles. The number of pyridine rings is 1. The van der Waals surface area contributed by atoms with E-state index < -0.39 is 9.84 Å². The molecule has 1 aromatic heterocycles. The van der Waals surface area contributed by atoms with Gasteiger partial charge in [-0.2, -0.15) is 0 Å². The van der Waals surface area contributed by atoms with Crippen molar-refractivity contribution >= 4 is 9.84 Å². The van der Waals surface area contributed by atoms with Crippen molar-refractivity contribution in [1.29, 1.82) is 0 Å². The zero-order valence-corrected chi connectivity index (χ0v) is 12.1. The summed E-state index contributed by atoms with van der Waals surface area (Å²) in [5, 5.41) is 0. The van der Waals surface area contributed by atoms with Crippen molar-refractivity contribution < 1.29 is 8.42 Å². The van der Waals surface area contributed by atoms with E-state index in [9.17, 15) is 8.42 Å². The first-order chi connectivity index (χ1) is 9.03. The van der Waals surface area contributed by atoms with Crippen molar-refractivity contribution in [3.63, 3.8) is 0 Å². The van der Waals surface area contributed by atoms with Crippen molar-refractivity contribution in [2.24, 2.45) is 0 Å². The van der Waals surface area contributed by atoms with Crippen molar-refractivity contribution in [3.8, 4) is 0 Å². The van der Waals surface area contributed by atoms with E-state index in [1.807, 2.05) is 24.4 Å². The van der Waals surface area contributed by atoms with Gasteiger partial charge in [0.2, 0.25) is 0 Å². The Morgan fingerprint density at radius 3 is 2.42 bits per heavy atom. The monoisotopic (exact) mass is 283 g/mol. The van der Waals surface area contributed by atoms with Gasteiger partial charge in [0, 0.05) is 51.7 Å². The first kappa shape index (κ1) is 14.4. The highest BCUT2D eigenvalue weighted by atomic mass is 32.2. The molecule has 1 aliphatic rings. The summed E-state index contributed by atoms with van der Waals surface area (Å²) in [5.74, 6) is 0.257. The molecule has 6 heteroatoms. The molecule has 2 heterocycles. The minimum Gasteiger partial charge on any atom is -0.300 e. The van der Waals surface area contributed by atoms with Gasteiger partial charge in [-0.05, 0) is 12.1 Å². The lowest BCUT2D eigenvalue weighted by molar-refractivity contribution is 0.131. The van der Waals surface area contributed by atoms with E-state index in [-0.39, 0.29) is 5.75 Å². The zero-order chi connectivity index (χ0) is 13.7. The average molecular weight is 283 g/mol. The Kier molecular flexibility index (Phi) is 4.90. The maximum atomic E-state index is 11.1. The molecule has 0 unspecified atom stereocenters. The van der Waals surface area contributed by atoms with Crippen LogP contribution in [0.15, 0.2) is 24.4 Å². The minimum atomic E-state index is -2.85. The second-order valence-corrected chi connectivity index (χ2v) is 7.33. The van der Waals surface area contributed by atoms with E-state index in [0.29, 0.717) is 6.54 Å². The molecule has 19 heavy (non-hydrogen) atoms. The van der Waals surface area contributed by atoms with Crippen LogP contribution in [0.4, 0.5) is 0 Å². The predicted octanol–water partition coefficient (Wildman–Crippen LogP) is 0.244. The highest BCUT2D eigenvalue weighted by Crippen LogP contribution is 2.06. The molecular formula is C13H21N3O2S. The summed E-state index contributed by atoms with van der Waals surface area (Å²) in [4.78, 5) is 8.90. The van der Waals surface area contributed by atoms with Crippen LogP contribution in [0, 0.1) is 0 Å². The molecule has 1 aromatic rings. The van der Waals surface area contributed by atoms with Gasteiger partial charge in [0.15, 0.2) is 0 Å². The van der Waals surface area contributed by atoms with Crippen LogP contribution < -0.4 is 0 Å². The van der Waals surface area contributed by atoms with Crippen LogP contribution in [0.3, 0.4) is 0 Å². The lowest BCUT2D eigenvalue weighted by atomic mass is 10.2. The van der Waals surface area contributed by atoms with Crippen molar-refractivity contribution in [2.75, 3.05) is 44.7 Å². The van der Waals surface area contributed by atoms with Gasteiger partial charge in [0.05, 0.1) is 11.4 Å². The quantitative estimate of drug-likeness (QED) is 0.775. The third-order valence-corrected chi connectivity index (χ3v) is 4.28. The molecule has 0 spiro atoms. The van der Waals surface area contributed by atoms with Crippen LogP contribution in [0.2, 0.25) is 0 Å². The largest absolute Gasteiger partial charge is 0.300 e. The lowest BCUT2D eigenvalue weighted by Gasteiger charge is -2.34. The van der Waals surface area contributed by atoms with Crippen molar-refractivity contribution in [3.05, 3.63) is 30.1 Å². The van der Waals surface area contributed by atoms with Gasteiger partial charge < -0.3 is 0 Å². The standard InChI is InChI=1S/C13H21N3O2S/c1-19(17,18)11-10-15-6-8-16(9-7-15)12-13-4-2-3-5-14-13/h2-5H,6-12H2,1H3. The highest BCUT2D eigenvalue weighted by Gasteiger charge is 2.18. The third-order valence-electron chi connectivity index (χ3n) is 3.35. The lowest BCUT2D eigenvalue weighted by Crippen LogP contribution is -2.47. The summed E-state index contributed by atoms with van der Waals surface area (Å²) >= 11 is 0. The molecule has 0 N–H and O–H groups in total. The molecule has 0 aromatic carbocycles. The Morgan fingerprint density at radius 2 is 1.84 bits per heavy atom. The zero-order valence-electron chi connectivity index (χ0n) is 11.3. The molecular weight excluding hydrogens is 262 g/mol. The fourth-order valence-electron chi connectivity index (χ4n) is 2.19. The number of sulfone groups is 1. The van der Waals surface area contributed by atoms with Gasteiger partial charge in [-0.15, -0.1) is 0 Å². The normalized spacial score (nSPS) is 18.6. The Hall–Kier alpha value is -0.980. The van der Waals surface area contributed by atoms with Gasteiger partial charge in [0.25, 0.3) is 0 Å². The number of piperazine rings is 1. The summed E-state index contributed by atoms with van der Waals surface area (Å²) in [5.41, 5.74) is 1.09. The van der Waals surface area contributed by atoms with Crippen LogP contribution in [0.1, 0.15) is 5.69 Å². The van der Waals surface area contributed by atoms with E-state index in [1.165, 1.54) is 6.26 Å². The van der Waals surface area contributed by atoms with Crippen molar-refractivity contribution in [2.45, 2.75) is 6.54 Å². The molecule has 106 valence electrons. The average Bonchev–Trinajstić information content (AvgIpc) is 2.38. The Morgan fingerprint density at radius 1 is 1.16 bits per heavy atom. The molecule has 0 atom stereocenters. The molecule has 2 rings (SSSR count). The highest BCUT2D eigenvalue weighted by molar-refractivity contribution is 7.90. The molecule has 1 fully saturated rings. The molecule has 1 saturated heterocycles. The summed E-state index contributed by atoms with van der Waals surface area (Å²) in [7, 11) is -2.85. The SMILES string of the molecule is CS(=O)(=O)CCN1CCN(Cc2ccccn2)CC1. The van der Waals surface area contributed by atoms with E-state index in [2.05, 4.69) is 14.8 Å². The number of hydrogen-bond acceptors (Lipinski definition) is 5. The minimum absolute atomic E-state index is 0.257. The number of hydrogen-bond donors (Lipinski definition) is 0. The fourth-order valence-corrected chi connectivity index (χ4v) is 2.78. The fraction of sp³-hybridized carbons (Fsp3) is 0.615. The molecule has 0 aliphatic carbocycles. The number of aromatic nitrogens is 1. The second kappa shape index (κ2) is 6.45. The van der Waals surface area contributed by atoms with E-state index in [0.717, 1.165) is 38.4 Å². The van der Waals surface area contributed by atoms with Gasteiger partial charge in [0.1, 0.15) is 9.84 Å². The van der Waals surface area contributed by atoms with Gasteiger partial charge in [-0.25, -0.2) is 8.42 Å². The third kappa shape index (κ3) is 5.26. The van der Waals surface area contributed by atoms with Gasteiger partial charge >= 0.3 is 0 Å². The van der Waals surface area contributed by atoms with E-state index in [4.69, 9.17) is 0 Å². The Labute approximate surface area is 115 Å². The van der Waals surface area contributed by atoms with Crippen LogP contribution in [0.25, 0.3) is 0 Å². The van der Waals surface area contributed by atoms with Gasteiger partial charge in [-0.1, -0.05) is 6.07 Å². The maximum Gasteiger partial charge on any atom is 0.148 e. The van der Waals surface area contributed by atoms with Crippen LogP contribution in [-0.4, -0.2) is 67.9 Å². The predicted molar refractivity (Wildman–Crippen MR) is 75.7 cm³/mol. The molecule has 0 radical (unpaired) electrons. The van der Waals surface area contributed by atoms with Crippen molar-refractivity contribution in [1.82, 2.24) is 14.8 Å². The maximum absolute atomic E-state index is 11.1. The van der Waals surface area contributed by atoms with Crippen LogP contribution >= 0.6 is 0 Å². The molecule has 0 bridgehead atoms. The number of rotatable bonds is 5. The molecule has 1 aliphatic heterocycles. The molecule has 5 nitrogen and oxygen atoms in total. The summed E-state index contributed by atoms with van der Waals surface area (Å²) in [6, 6.07) is 5.97. The number of nitrogens with zero attached hydrogens (tertiary/aromatic N) is 3. The molecule has 0 amide bonds. The smallest absolute Gasteiger partial charge is 0.148 e. The Bertz CT molecular complexity index is 482. The van der Waals surface area contributed by atoms with Crippen LogP contribution in [0.5, 0.6) is 0 Å². The summed E-state index contributed by atoms with van der Waals surface area (Å²) in [6.07, 6.45) is 3.11. The first-order valence-corrected chi connectivity index (χ1v) is 8.61. The summed E-state index contributed by atoms with van der Waals surface area (Å²) < 4.78 is 22.3.